The Morgan fingerprint density at radius 2 is 1.62 bits per heavy atom. The van der Waals surface area contributed by atoms with Crippen LogP contribution in [-0.4, -0.2) is 44.2 Å². The van der Waals surface area contributed by atoms with Crippen LogP contribution in [0.2, 0.25) is 0 Å². The predicted molar refractivity (Wildman–Crippen MR) is 113 cm³/mol. The van der Waals surface area contributed by atoms with Crippen LogP contribution in [0.25, 0.3) is 0 Å². The van der Waals surface area contributed by atoms with Gasteiger partial charge in [-0.05, 0) is 42.0 Å². The molecule has 3 aromatic rings. The van der Waals surface area contributed by atoms with Gasteiger partial charge in [0, 0.05) is 38.1 Å². The predicted octanol–water partition coefficient (Wildman–Crippen LogP) is 2.25. The summed E-state index contributed by atoms with van der Waals surface area (Å²) in [5.74, 6) is 1.52. The molecule has 4 N–H and O–H groups in total. The molecule has 0 bridgehead atoms. The molecule has 0 saturated carbocycles. The number of anilines is 3. The van der Waals surface area contributed by atoms with Crippen molar-refractivity contribution in [1.29, 1.82) is 0 Å². The molecule has 0 radical (unpaired) electrons. The monoisotopic (exact) mass is 391 g/mol. The van der Waals surface area contributed by atoms with Gasteiger partial charge in [-0.1, -0.05) is 30.3 Å². The number of rotatable bonds is 9. The molecule has 1 aliphatic carbocycles. The lowest BCUT2D eigenvalue weighted by atomic mass is 10.1. The number of pyridine rings is 1. The van der Waals surface area contributed by atoms with E-state index in [1.165, 1.54) is 11.1 Å². The van der Waals surface area contributed by atoms with E-state index < -0.39 is 0 Å². The van der Waals surface area contributed by atoms with Gasteiger partial charge < -0.3 is 21.1 Å². The van der Waals surface area contributed by atoms with Crippen LogP contribution in [-0.2, 0) is 19.4 Å². The Hall–Kier alpha value is -3.26. The largest absolute Gasteiger partial charge is 0.396 e. The lowest BCUT2D eigenvalue weighted by Gasteiger charge is -2.14. The van der Waals surface area contributed by atoms with Gasteiger partial charge >= 0.3 is 0 Å². The maximum atomic E-state index is 9.02. The fourth-order valence-electron chi connectivity index (χ4n) is 3.41. The lowest BCUT2D eigenvalue weighted by Crippen LogP contribution is -2.22. The third-order valence-corrected chi connectivity index (χ3v) is 4.81. The highest BCUT2D eigenvalue weighted by Crippen LogP contribution is 2.24. The summed E-state index contributed by atoms with van der Waals surface area (Å²) < 4.78 is 0. The molecule has 150 valence electrons. The van der Waals surface area contributed by atoms with Crippen molar-refractivity contribution >= 4 is 17.8 Å². The average Bonchev–Trinajstić information content (AvgIpc) is 3.15. The summed E-state index contributed by atoms with van der Waals surface area (Å²) in [5.41, 5.74) is 3.79. The number of nitrogens with one attached hydrogen (secondary N) is 3. The van der Waals surface area contributed by atoms with Crippen LogP contribution in [0.5, 0.6) is 0 Å². The second-order valence-electron chi connectivity index (χ2n) is 7.04. The van der Waals surface area contributed by atoms with E-state index in [0.29, 0.717) is 37.4 Å². The molecule has 0 fully saturated rings. The highest BCUT2D eigenvalue weighted by molar-refractivity contribution is 5.45. The second kappa shape index (κ2) is 9.29. The molecule has 2 heterocycles. The van der Waals surface area contributed by atoms with Gasteiger partial charge in [-0.3, -0.25) is 4.98 Å². The van der Waals surface area contributed by atoms with E-state index in [0.717, 1.165) is 18.4 Å². The van der Waals surface area contributed by atoms with Gasteiger partial charge in [0.15, 0.2) is 0 Å². The fraction of sp³-hybridized carbons (Fsp3) is 0.333. The quantitative estimate of drug-likeness (QED) is 0.412. The molecule has 0 amide bonds. The smallest absolute Gasteiger partial charge is 0.229 e. The van der Waals surface area contributed by atoms with Gasteiger partial charge in [0.2, 0.25) is 17.8 Å². The van der Waals surface area contributed by atoms with Crippen molar-refractivity contribution < 1.29 is 5.11 Å². The summed E-state index contributed by atoms with van der Waals surface area (Å²) in [6, 6.07) is 12.7. The Morgan fingerprint density at radius 1 is 0.897 bits per heavy atom. The van der Waals surface area contributed by atoms with Gasteiger partial charge in [0.05, 0.1) is 0 Å². The minimum atomic E-state index is 0.121. The topological polar surface area (TPSA) is 108 Å². The maximum Gasteiger partial charge on any atom is 0.229 e. The molecule has 29 heavy (non-hydrogen) atoms. The molecule has 0 saturated heterocycles. The normalized spacial score (nSPS) is 13.1. The van der Waals surface area contributed by atoms with Gasteiger partial charge in [-0.15, -0.1) is 0 Å². The Balaban J connectivity index is 1.47. The number of benzene rings is 1. The Morgan fingerprint density at radius 3 is 2.31 bits per heavy atom. The minimum absolute atomic E-state index is 0.121. The zero-order chi connectivity index (χ0) is 19.9. The van der Waals surface area contributed by atoms with Gasteiger partial charge in [-0.25, -0.2) is 0 Å². The van der Waals surface area contributed by atoms with E-state index >= 15 is 0 Å². The van der Waals surface area contributed by atoms with Crippen LogP contribution < -0.4 is 16.0 Å². The summed E-state index contributed by atoms with van der Waals surface area (Å²) in [7, 11) is 0. The van der Waals surface area contributed by atoms with Crippen molar-refractivity contribution in [3.05, 3.63) is 65.5 Å². The first-order valence-electron chi connectivity index (χ1n) is 9.87. The van der Waals surface area contributed by atoms with E-state index in [1.54, 1.807) is 6.20 Å². The highest BCUT2D eigenvalue weighted by atomic mass is 16.3. The van der Waals surface area contributed by atoms with Gasteiger partial charge in [0.1, 0.15) is 0 Å². The van der Waals surface area contributed by atoms with Crippen LogP contribution in [0.3, 0.4) is 0 Å². The molecule has 1 aliphatic rings. The lowest BCUT2D eigenvalue weighted by molar-refractivity contribution is 0.292. The van der Waals surface area contributed by atoms with Crippen molar-refractivity contribution in [2.45, 2.75) is 31.8 Å². The van der Waals surface area contributed by atoms with Crippen LogP contribution >= 0.6 is 0 Å². The number of nitrogens with zero attached hydrogens (tertiary/aromatic N) is 4. The number of hydrogen-bond acceptors (Lipinski definition) is 8. The summed E-state index contributed by atoms with van der Waals surface area (Å²) in [5, 5.41) is 18.9. The summed E-state index contributed by atoms with van der Waals surface area (Å²) in [6.07, 6.45) is 6.09. The van der Waals surface area contributed by atoms with Crippen LogP contribution in [0.1, 0.15) is 23.1 Å². The second-order valence-corrected chi connectivity index (χ2v) is 7.04. The van der Waals surface area contributed by atoms with E-state index in [4.69, 9.17) is 5.11 Å². The molecule has 0 spiro atoms. The molecular formula is C21H25N7O. The fourth-order valence-corrected chi connectivity index (χ4v) is 3.41. The Kier molecular flexibility index (Phi) is 6.11. The SMILES string of the molecule is OCCCNc1nc(NCc2cccnc2)nc(NC2Cc3ccccc3C2)n1. The maximum absolute atomic E-state index is 9.02. The van der Waals surface area contributed by atoms with Crippen LogP contribution in [0.4, 0.5) is 17.8 Å². The molecule has 0 aliphatic heterocycles. The number of aliphatic hydroxyl groups excluding tert-OH is 1. The third-order valence-electron chi connectivity index (χ3n) is 4.81. The first-order chi connectivity index (χ1) is 14.3. The molecule has 8 heteroatoms. The third kappa shape index (κ3) is 5.17. The number of hydrogen-bond donors (Lipinski definition) is 4. The zero-order valence-electron chi connectivity index (χ0n) is 16.2. The standard InChI is InChI=1S/C21H25N7O/c29-10-4-9-23-19-26-20(24-14-15-5-3-8-22-13-15)28-21(27-19)25-18-11-16-6-1-2-7-17(16)12-18/h1-3,5-8,13,18,29H,4,9-12,14H2,(H3,23,24,25,26,27,28). The van der Waals surface area contributed by atoms with Crippen molar-refractivity contribution in [3.8, 4) is 0 Å². The van der Waals surface area contributed by atoms with E-state index in [-0.39, 0.29) is 12.6 Å². The van der Waals surface area contributed by atoms with E-state index in [2.05, 4.69) is 60.2 Å². The van der Waals surface area contributed by atoms with Crippen LogP contribution in [0, 0.1) is 0 Å². The van der Waals surface area contributed by atoms with Gasteiger partial charge in [-0.2, -0.15) is 15.0 Å². The summed E-state index contributed by atoms with van der Waals surface area (Å²) in [4.78, 5) is 17.6. The molecule has 0 atom stereocenters. The number of fused-ring (bicyclic) bond motifs is 1. The van der Waals surface area contributed by atoms with E-state index in [1.807, 2.05) is 18.3 Å². The average molecular weight is 391 g/mol. The molecular weight excluding hydrogens is 366 g/mol. The highest BCUT2D eigenvalue weighted by Gasteiger charge is 2.22. The van der Waals surface area contributed by atoms with Crippen molar-refractivity contribution in [3.63, 3.8) is 0 Å². The molecule has 8 nitrogen and oxygen atoms in total. The number of aliphatic hydroxyl groups is 1. The Labute approximate surface area is 169 Å². The Bertz CT molecular complexity index is 910. The first kappa shape index (κ1) is 19.1. The van der Waals surface area contributed by atoms with Gasteiger partial charge in [0.25, 0.3) is 0 Å². The number of aromatic nitrogens is 4. The summed E-state index contributed by atoms with van der Waals surface area (Å²) in [6.45, 7) is 1.29. The molecule has 4 rings (SSSR count). The summed E-state index contributed by atoms with van der Waals surface area (Å²) >= 11 is 0. The zero-order valence-corrected chi connectivity index (χ0v) is 16.2. The van der Waals surface area contributed by atoms with Crippen molar-refractivity contribution in [2.75, 3.05) is 29.1 Å². The first-order valence-corrected chi connectivity index (χ1v) is 9.87. The molecule has 2 aromatic heterocycles. The molecule has 0 unspecified atom stereocenters. The van der Waals surface area contributed by atoms with Crippen molar-refractivity contribution in [1.82, 2.24) is 19.9 Å². The molecule has 1 aromatic carbocycles. The van der Waals surface area contributed by atoms with Crippen LogP contribution in [0.15, 0.2) is 48.8 Å². The minimum Gasteiger partial charge on any atom is -0.396 e. The van der Waals surface area contributed by atoms with E-state index in [9.17, 15) is 0 Å². The van der Waals surface area contributed by atoms with Crippen molar-refractivity contribution in [2.24, 2.45) is 0 Å².